The Labute approximate surface area is 140 Å². The van der Waals surface area contributed by atoms with E-state index in [9.17, 15) is 9.59 Å². The lowest BCUT2D eigenvalue weighted by Gasteiger charge is -2.33. The number of nitrogens with one attached hydrogen (secondary N) is 1. The van der Waals surface area contributed by atoms with Crippen molar-refractivity contribution in [2.75, 3.05) is 6.61 Å². The molecular weight excluding hydrogens is 340 g/mol. The quantitative estimate of drug-likeness (QED) is 0.836. The maximum absolute atomic E-state index is 13.0. The van der Waals surface area contributed by atoms with Gasteiger partial charge in [0.25, 0.3) is 5.91 Å². The van der Waals surface area contributed by atoms with Crippen LogP contribution in [-0.2, 0) is 16.9 Å². The lowest BCUT2D eigenvalue weighted by Crippen LogP contribution is -2.47. The molecule has 1 aromatic heterocycles. The van der Waals surface area contributed by atoms with Crippen molar-refractivity contribution in [3.8, 4) is 5.75 Å². The summed E-state index contributed by atoms with van der Waals surface area (Å²) in [5.74, 6) is 0.296. The molecular formula is C14H11ClN4O3S. The number of carbonyl (C=O) groups excluding carboxylic acids is 2. The summed E-state index contributed by atoms with van der Waals surface area (Å²) in [6.45, 7) is 0.362. The highest BCUT2D eigenvalue weighted by Gasteiger charge is 2.54. The van der Waals surface area contributed by atoms with Gasteiger partial charge < -0.3 is 10.1 Å². The zero-order chi connectivity index (χ0) is 16.0. The molecule has 7 nitrogen and oxygen atoms in total. The summed E-state index contributed by atoms with van der Waals surface area (Å²) in [6, 6.07) is 6.78. The molecule has 1 aromatic carbocycles. The van der Waals surface area contributed by atoms with Gasteiger partial charge in [0.2, 0.25) is 0 Å². The van der Waals surface area contributed by atoms with Crippen LogP contribution >= 0.6 is 23.1 Å². The number of nitrogens with zero attached hydrogens (tertiary/aromatic N) is 3. The van der Waals surface area contributed by atoms with E-state index in [-0.39, 0.29) is 12.5 Å². The summed E-state index contributed by atoms with van der Waals surface area (Å²) in [6.07, 6.45) is 0.383. The van der Waals surface area contributed by atoms with Gasteiger partial charge >= 0.3 is 6.03 Å². The van der Waals surface area contributed by atoms with E-state index < -0.39 is 11.6 Å². The van der Waals surface area contributed by atoms with Gasteiger partial charge in [-0.3, -0.25) is 9.69 Å². The van der Waals surface area contributed by atoms with Crippen molar-refractivity contribution < 1.29 is 14.3 Å². The number of benzene rings is 1. The molecule has 23 heavy (non-hydrogen) atoms. The molecule has 9 heteroatoms. The molecule has 0 unspecified atom stereocenters. The molecule has 2 aliphatic heterocycles. The molecule has 1 atom stereocenters. The number of ether oxygens (including phenoxy) is 1. The minimum Gasteiger partial charge on any atom is -0.493 e. The zero-order valence-electron chi connectivity index (χ0n) is 11.8. The molecule has 1 N–H and O–H groups in total. The maximum Gasteiger partial charge on any atom is 0.325 e. The number of halogens is 1. The fourth-order valence-electron chi connectivity index (χ4n) is 2.96. The molecule has 118 valence electrons. The second-order valence-corrected chi connectivity index (χ2v) is 6.67. The van der Waals surface area contributed by atoms with Gasteiger partial charge in [-0.2, -0.15) is 0 Å². The molecule has 0 bridgehead atoms. The average molecular weight is 351 g/mol. The van der Waals surface area contributed by atoms with Crippen LogP contribution in [0.25, 0.3) is 0 Å². The lowest BCUT2D eigenvalue weighted by atomic mass is 9.84. The van der Waals surface area contributed by atoms with Crippen molar-refractivity contribution in [2.45, 2.75) is 18.5 Å². The normalized spacial score (nSPS) is 22.9. The van der Waals surface area contributed by atoms with Gasteiger partial charge in [-0.1, -0.05) is 34.3 Å². The predicted octanol–water partition coefficient (Wildman–Crippen LogP) is 1.92. The van der Waals surface area contributed by atoms with Gasteiger partial charge in [-0.05, 0) is 6.07 Å². The van der Waals surface area contributed by atoms with Gasteiger partial charge in [-0.25, -0.2) is 4.79 Å². The van der Waals surface area contributed by atoms with Crippen molar-refractivity contribution in [1.82, 2.24) is 19.8 Å². The monoisotopic (exact) mass is 350 g/mol. The van der Waals surface area contributed by atoms with Crippen LogP contribution < -0.4 is 10.1 Å². The molecule has 3 amide bonds. The van der Waals surface area contributed by atoms with Crippen LogP contribution in [0.4, 0.5) is 4.79 Å². The van der Waals surface area contributed by atoms with E-state index in [2.05, 4.69) is 14.9 Å². The second-order valence-electron chi connectivity index (χ2n) is 5.31. The highest BCUT2D eigenvalue weighted by molar-refractivity contribution is 7.10. The van der Waals surface area contributed by atoms with Crippen molar-refractivity contribution >= 4 is 35.1 Å². The number of hydrogen-bond acceptors (Lipinski definition) is 6. The number of hydrogen-bond donors (Lipinski definition) is 1. The summed E-state index contributed by atoms with van der Waals surface area (Å²) < 4.78 is 9.69. The van der Waals surface area contributed by atoms with Gasteiger partial charge in [-0.15, -0.1) is 5.10 Å². The Bertz CT molecular complexity index is 811. The second kappa shape index (κ2) is 5.17. The Morgan fingerprint density at radius 3 is 3.00 bits per heavy atom. The van der Waals surface area contributed by atoms with Crippen LogP contribution in [0.15, 0.2) is 24.3 Å². The van der Waals surface area contributed by atoms with Crippen LogP contribution in [0.3, 0.4) is 0 Å². The minimum atomic E-state index is -1.08. The fraction of sp³-hybridized carbons (Fsp3) is 0.286. The summed E-state index contributed by atoms with van der Waals surface area (Å²) in [5, 5.41) is 6.69. The van der Waals surface area contributed by atoms with E-state index in [4.69, 9.17) is 16.3 Å². The van der Waals surface area contributed by atoms with Crippen molar-refractivity contribution in [3.05, 3.63) is 39.9 Å². The third-order valence-electron chi connectivity index (χ3n) is 4.07. The van der Waals surface area contributed by atoms with Gasteiger partial charge in [0.15, 0.2) is 5.54 Å². The Balaban J connectivity index is 1.72. The molecule has 1 spiro atoms. The first kappa shape index (κ1) is 14.4. The average Bonchev–Trinajstić information content (AvgIpc) is 3.06. The van der Waals surface area contributed by atoms with Crippen molar-refractivity contribution in [3.63, 3.8) is 0 Å². The van der Waals surface area contributed by atoms with Gasteiger partial charge in [0.1, 0.15) is 15.8 Å². The van der Waals surface area contributed by atoms with Crippen LogP contribution in [0, 0.1) is 0 Å². The topological polar surface area (TPSA) is 84.4 Å². The van der Waals surface area contributed by atoms with Crippen molar-refractivity contribution in [2.24, 2.45) is 0 Å². The lowest BCUT2D eigenvalue weighted by molar-refractivity contribution is -0.133. The van der Waals surface area contributed by atoms with Crippen molar-refractivity contribution in [1.29, 1.82) is 0 Å². The molecule has 0 saturated carbocycles. The number of para-hydroxylation sites is 1. The van der Waals surface area contributed by atoms with Crippen LogP contribution in [-0.4, -0.2) is 33.0 Å². The van der Waals surface area contributed by atoms with Crippen LogP contribution in [0.5, 0.6) is 5.75 Å². The minimum absolute atomic E-state index is 0.00474. The SMILES string of the molecule is O=C1N[C@]2(CCOc3ccccc32)C(=O)N1Cc1nnsc1Cl. The van der Waals surface area contributed by atoms with E-state index in [1.807, 2.05) is 12.1 Å². The molecule has 4 rings (SSSR count). The van der Waals surface area contributed by atoms with E-state index in [0.29, 0.717) is 34.4 Å². The molecule has 2 aromatic rings. The van der Waals surface area contributed by atoms with E-state index in [1.165, 1.54) is 0 Å². The van der Waals surface area contributed by atoms with E-state index in [0.717, 1.165) is 16.4 Å². The Hall–Kier alpha value is -2.19. The number of amides is 3. The highest BCUT2D eigenvalue weighted by atomic mass is 35.5. The smallest absolute Gasteiger partial charge is 0.325 e. The van der Waals surface area contributed by atoms with Gasteiger partial charge in [0.05, 0.1) is 13.2 Å². The van der Waals surface area contributed by atoms with E-state index >= 15 is 0 Å². The molecule has 0 radical (unpaired) electrons. The molecule has 2 aliphatic rings. The number of carbonyl (C=O) groups is 2. The molecule has 3 heterocycles. The number of urea groups is 1. The number of imide groups is 1. The third kappa shape index (κ3) is 2.09. The predicted molar refractivity (Wildman–Crippen MR) is 82.2 cm³/mol. The third-order valence-corrected chi connectivity index (χ3v) is 5.06. The highest BCUT2D eigenvalue weighted by Crippen LogP contribution is 2.41. The van der Waals surface area contributed by atoms with Gasteiger partial charge in [0, 0.05) is 23.5 Å². The Morgan fingerprint density at radius 1 is 1.39 bits per heavy atom. The fourth-order valence-corrected chi connectivity index (χ4v) is 3.57. The van der Waals surface area contributed by atoms with E-state index in [1.54, 1.807) is 12.1 Å². The summed E-state index contributed by atoms with van der Waals surface area (Å²) >= 11 is 7.00. The summed E-state index contributed by atoms with van der Waals surface area (Å²) in [7, 11) is 0. The number of fused-ring (bicyclic) bond motifs is 2. The van der Waals surface area contributed by atoms with Crippen LogP contribution in [0.2, 0.25) is 4.34 Å². The Kier molecular flexibility index (Phi) is 3.24. The standard InChI is InChI=1S/C14H11ClN4O3S/c15-11-9(17-18-23-11)7-19-12(20)14(16-13(19)21)5-6-22-10-4-2-1-3-8(10)14/h1-4H,5-7H2,(H,16,21)/t14-/m0/s1. The number of rotatable bonds is 2. The zero-order valence-corrected chi connectivity index (χ0v) is 13.4. The molecule has 1 fully saturated rings. The summed E-state index contributed by atoms with van der Waals surface area (Å²) in [5.41, 5.74) is 0.00847. The van der Waals surface area contributed by atoms with Crippen LogP contribution in [0.1, 0.15) is 17.7 Å². The maximum atomic E-state index is 13.0. The molecule has 1 saturated heterocycles. The first-order valence-corrected chi connectivity index (χ1v) is 8.10. The number of aromatic nitrogens is 2. The first-order chi connectivity index (χ1) is 11.1. The Morgan fingerprint density at radius 2 is 2.22 bits per heavy atom. The summed E-state index contributed by atoms with van der Waals surface area (Å²) in [4.78, 5) is 26.5. The first-order valence-electron chi connectivity index (χ1n) is 6.95. The largest absolute Gasteiger partial charge is 0.493 e. The molecule has 0 aliphatic carbocycles.